The molecule has 2 aliphatic rings. The van der Waals surface area contributed by atoms with E-state index in [1.54, 1.807) is 0 Å². The Hall–Kier alpha value is -0.590. The van der Waals surface area contributed by atoms with Gasteiger partial charge in [0.05, 0.1) is 6.07 Å². The fourth-order valence-electron chi connectivity index (χ4n) is 2.44. The molecule has 14 heavy (non-hydrogen) atoms. The molecule has 1 heterocycles. The third-order valence-corrected chi connectivity index (χ3v) is 3.51. The number of hydrogen-bond donors (Lipinski definition) is 1. The normalized spacial score (nSPS) is 31.0. The molecule has 1 saturated heterocycles. The lowest BCUT2D eigenvalue weighted by molar-refractivity contribution is 0.172. The molecule has 0 spiro atoms. The van der Waals surface area contributed by atoms with Crippen LogP contribution in [0.25, 0.3) is 0 Å². The highest BCUT2D eigenvalue weighted by molar-refractivity contribution is 5.01. The summed E-state index contributed by atoms with van der Waals surface area (Å²) in [6.07, 6.45) is 5.61. The van der Waals surface area contributed by atoms with E-state index in [9.17, 15) is 0 Å². The Morgan fingerprint density at radius 2 is 2.29 bits per heavy atom. The first-order valence-corrected chi connectivity index (χ1v) is 5.59. The van der Waals surface area contributed by atoms with E-state index in [1.807, 2.05) is 0 Å². The first-order valence-electron chi connectivity index (χ1n) is 5.59. The van der Waals surface area contributed by atoms with E-state index in [2.05, 4.69) is 11.0 Å². The minimum atomic E-state index is 0.353. The van der Waals surface area contributed by atoms with E-state index in [1.165, 1.54) is 32.2 Å². The lowest BCUT2D eigenvalue weighted by atomic mass is 10.00. The largest absolute Gasteiger partial charge is 0.327 e. The second-order valence-corrected chi connectivity index (χ2v) is 4.97. The number of likely N-dealkylation sites (tertiary alicyclic amines) is 1. The number of nitrogens with two attached hydrogens (primary N) is 1. The average Bonchev–Trinajstić information content (AvgIpc) is 2.85. The maximum absolute atomic E-state index is 8.73. The van der Waals surface area contributed by atoms with Crippen LogP contribution in [0.3, 0.4) is 0 Å². The van der Waals surface area contributed by atoms with Gasteiger partial charge < -0.3 is 10.6 Å². The van der Waals surface area contributed by atoms with Crippen LogP contribution in [-0.2, 0) is 0 Å². The third-order valence-electron chi connectivity index (χ3n) is 3.51. The van der Waals surface area contributed by atoms with Crippen LogP contribution in [0.4, 0.5) is 0 Å². The van der Waals surface area contributed by atoms with Crippen molar-refractivity contribution in [2.24, 2.45) is 11.1 Å². The first kappa shape index (κ1) is 9.95. The number of hydrogen-bond acceptors (Lipinski definition) is 3. The number of rotatable bonds is 3. The number of nitrogens with zero attached hydrogens (tertiary/aromatic N) is 2. The van der Waals surface area contributed by atoms with Crippen molar-refractivity contribution in [1.29, 1.82) is 5.26 Å². The van der Waals surface area contributed by atoms with Crippen LogP contribution >= 0.6 is 0 Å². The standard InChI is InChI=1S/C11H19N3/c12-6-5-11(3-4-11)9-14-7-1-2-10(13)8-14/h10H,1-5,7-9,13H2/t10-/m1/s1. The van der Waals surface area contributed by atoms with Gasteiger partial charge >= 0.3 is 0 Å². The van der Waals surface area contributed by atoms with Gasteiger partial charge in [0.25, 0.3) is 0 Å². The van der Waals surface area contributed by atoms with Crippen molar-refractivity contribution in [3.05, 3.63) is 0 Å². The molecule has 0 radical (unpaired) electrons. The SMILES string of the molecule is N#CCC1(CN2CCC[C@@H](N)C2)CC1. The molecule has 78 valence electrons. The highest BCUT2D eigenvalue weighted by Crippen LogP contribution is 2.49. The van der Waals surface area contributed by atoms with Gasteiger partial charge in [-0.2, -0.15) is 5.26 Å². The Balaban J connectivity index is 1.82. The molecule has 2 fully saturated rings. The Labute approximate surface area is 85.9 Å². The topological polar surface area (TPSA) is 53.0 Å². The number of piperidine rings is 1. The minimum absolute atomic E-state index is 0.353. The van der Waals surface area contributed by atoms with E-state index in [0.717, 1.165) is 19.5 Å². The van der Waals surface area contributed by atoms with Gasteiger partial charge in [-0.05, 0) is 37.6 Å². The molecular formula is C11H19N3. The predicted octanol–water partition coefficient (Wildman–Crippen LogP) is 1.10. The zero-order chi connectivity index (χ0) is 10.0. The van der Waals surface area contributed by atoms with Gasteiger partial charge in [-0.25, -0.2) is 0 Å². The molecule has 0 amide bonds. The average molecular weight is 193 g/mol. The summed E-state index contributed by atoms with van der Waals surface area (Å²) in [6, 6.07) is 2.68. The summed E-state index contributed by atoms with van der Waals surface area (Å²) >= 11 is 0. The molecule has 2 N–H and O–H groups in total. The summed E-state index contributed by atoms with van der Waals surface area (Å²) in [5, 5.41) is 8.73. The van der Waals surface area contributed by atoms with Crippen molar-refractivity contribution in [2.45, 2.75) is 38.1 Å². The molecule has 1 aliphatic carbocycles. The zero-order valence-corrected chi connectivity index (χ0v) is 8.71. The molecule has 2 rings (SSSR count). The molecule has 1 saturated carbocycles. The van der Waals surface area contributed by atoms with Crippen LogP contribution in [-0.4, -0.2) is 30.6 Å². The monoisotopic (exact) mass is 193 g/mol. The smallest absolute Gasteiger partial charge is 0.0628 e. The fourth-order valence-corrected chi connectivity index (χ4v) is 2.44. The maximum Gasteiger partial charge on any atom is 0.0628 e. The van der Waals surface area contributed by atoms with E-state index in [-0.39, 0.29) is 0 Å². The van der Waals surface area contributed by atoms with E-state index in [0.29, 0.717) is 11.5 Å². The summed E-state index contributed by atoms with van der Waals surface area (Å²) in [5.74, 6) is 0. The molecule has 0 aromatic rings. The quantitative estimate of drug-likeness (QED) is 0.730. The van der Waals surface area contributed by atoms with Crippen molar-refractivity contribution in [2.75, 3.05) is 19.6 Å². The molecule has 0 unspecified atom stereocenters. The Kier molecular flexibility index (Phi) is 2.76. The lowest BCUT2D eigenvalue weighted by Crippen LogP contribution is -2.44. The lowest BCUT2D eigenvalue weighted by Gasteiger charge is -2.33. The van der Waals surface area contributed by atoms with Gasteiger partial charge in [0, 0.05) is 25.6 Å². The van der Waals surface area contributed by atoms with Crippen molar-refractivity contribution in [1.82, 2.24) is 4.90 Å². The highest BCUT2D eigenvalue weighted by Gasteiger charge is 2.43. The molecule has 3 nitrogen and oxygen atoms in total. The second kappa shape index (κ2) is 3.88. The first-order chi connectivity index (χ1) is 6.74. The molecule has 0 aromatic carbocycles. The van der Waals surface area contributed by atoms with Crippen LogP contribution in [0.5, 0.6) is 0 Å². The Morgan fingerprint density at radius 1 is 1.50 bits per heavy atom. The van der Waals surface area contributed by atoms with Gasteiger partial charge in [-0.3, -0.25) is 0 Å². The van der Waals surface area contributed by atoms with Gasteiger partial charge in [-0.1, -0.05) is 0 Å². The molecule has 1 atom stereocenters. The van der Waals surface area contributed by atoms with E-state index in [4.69, 9.17) is 11.0 Å². The van der Waals surface area contributed by atoms with Crippen molar-refractivity contribution >= 4 is 0 Å². The van der Waals surface area contributed by atoms with Crippen LogP contribution in [0.1, 0.15) is 32.1 Å². The van der Waals surface area contributed by atoms with Gasteiger partial charge in [-0.15, -0.1) is 0 Å². The molecule has 0 aromatic heterocycles. The predicted molar refractivity (Wildman–Crippen MR) is 55.5 cm³/mol. The van der Waals surface area contributed by atoms with Crippen molar-refractivity contribution in [3.8, 4) is 6.07 Å². The maximum atomic E-state index is 8.73. The summed E-state index contributed by atoms with van der Waals surface area (Å²) in [6.45, 7) is 3.32. The zero-order valence-electron chi connectivity index (χ0n) is 8.71. The van der Waals surface area contributed by atoms with Crippen LogP contribution < -0.4 is 5.73 Å². The van der Waals surface area contributed by atoms with Gasteiger partial charge in [0.1, 0.15) is 0 Å². The van der Waals surface area contributed by atoms with Crippen LogP contribution in [0.2, 0.25) is 0 Å². The molecular weight excluding hydrogens is 174 g/mol. The molecule has 1 aliphatic heterocycles. The molecule has 0 bridgehead atoms. The van der Waals surface area contributed by atoms with E-state index < -0.39 is 0 Å². The van der Waals surface area contributed by atoms with Crippen molar-refractivity contribution in [3.63, 3.8) is 0 Å². The van der Waals surface area contributed by atoms with Gasteiger partial charge in [0.2, 0.25) is 0 Å². The van der Waals surface area contributed by atoms with Crippen LogP contribution in [0, 0.1) is 16.7 Å². The minimum Gasteiger partial charge on any atom is -0.327 e. The van der Waals surface area contributed by atoms with Gasteiger partial charge in [0.15, 0.2) is 0 Å². The number of nitriles is 1. The van der Waals surface area contributed by atoms with E-state index >= 15 is 0 Å². The second-order valence-electron chi connectivity index (χ2n) is 4.97. The summed E-state index contributed by atoms with van der Waals surface area (Å²) in [5.41, 5.74) is 6.28. The third kappa shape index (κ3) is 2.26. The summed E-state index contributed by atoms with van der Waals surface area (Å²) in [7, 11) is 0. The van der Waals surface area contributed by atoms with Crippen molar-refractivity contribution < 1.29 is 0 Å². The summed E-state index contributed by atoms with van der Waals surface area (Å²) in [4.78, 5) is 2.46. The van der Waals surface area contributed by atoms with Crippen LogP contribution in [0.15, 0.2) is 0 Å². The molecule has 3 heteroatoms. The Morgan fingerprint density at radius 3 is 2.86 bits per heavy atom. The fraction of sp³-hybridized carbons (Fsp3) is 0.909. The summed E-state index contributed by atoms with van der Waals surface area (Å²) < 4.78 is 0. The Bertz CT molecular complexity index is 239. The highest BCUT2D eigenvalue weighted by atomic mass is 15.2.